The lowest BCUT2D eigenvalue weighted by Crippen LogP contribution is -2.31. The number of aryl methyl sites for hydroxylation is 1. The number of nitrogens with one attached hydrogen (secondary N) is 1. The van der Waals surface area contributed by atoms with E-state index in [9.17, 15) is 4.79 Å². The zero-order valence-corrected chi connectivity index (χ0v) is 14.9. The Hall–Kier alpha value is -2.33. The van der Waals surface area contributed by atoms with Gasteiger partial charge in [0.25, 0.3) is 0 Å². The highest BCUT2D eigenvalue weighted by Gasteiger charge is 2.24. The van der Waals surface area contributed by atoms with Gasteiger partial charge in [-0.05, 0) is 48.2 Å². The van der Waals surface area contributed by atoms with Crippen LogP contribution in [0.2, 0.25) is 0 Å². The van der Waals surface area contributed by atoms with E-state index in [1.165, 1.54) is 11.1 Å². The van der Waals surface area contributed by atoms with Crippen LogP contribution < -0.4 is 14.8 Å². The van der Waals surface area contributed by atoms with E-state index in [2.05, 4.69) is 17.4 Å². The minimum Gasteiger partial charge on any atom is -0.493 e. The van der Waals surface area contributed by atoms with Gasteiger partial charge in [-0.3, -0.25) is 4.79 Å². The van der Waals surface area contributed by atoms with E-state index < -0.39 is 0 Å². The van der Waals surface area contributed by atoms with E-state index in [0.717, 1.165) is 30.7 Å². The first-order valence-electron chi connectivity index (χ1n) is 8.75. The lowest BCUT2D eigenvalue weighted by molar-refractivity contribution is -0.119. The van der Waals surface area contributed by atoms with E-state index in [4.69, 9.17) is 9.47 Å². The van der Waals surface area contributed by atoms with Gasteiger partial charge in [-0.15, -0.1) is 0 Å². The molecule has 1 heterocycles. The van der Waals surface area contributed by atoms with Crippen LogP contribution in [0.5, 0.6) is 11.5 Å². The molecule has 0 fully saturated rings. The summed E-state index contributed by atoms with van der Waals surface area (Å²) in [5, 5.41) is 3.48. The third-order valence-corrected chi connectivity index (χ3v) is 4.77. The van der Waals surface area contributed by atoms with Gasteiger partial charge in [0.05, 0.1) is 14.2 Å². The molecule has 25 heavy (non-hydrogen) atoms. The van der Waals surface area contributed by atoms with Gasteiger partial charge in [0.1, 0.15) is 5.78 Å². The van der Waals surface area contributed by atoms with Gasteiger partial charge in [0, 0.05) is 18.9 Å². The van der Waals surface area contributed by atoms with E-state index in [1.807, 2.05) is 30.3 Å². The zero-order chi connectivity index (χ0) is 17.6. The van der Waals surface area contributed by atoms with Crippen molar-refractivity contribution in [3.8, 4) is 11.5 Å². The van der Waals surface area contributed by atoms with Crippen molar-refractivity contribution < 1.29 is 14.3 Å². The maximum atomic E-state index is 12.5. The number of rotatable bonds is 7. The number of methoxy groups -OCH3 is 2. The average Bonchev–Trinajstić information content (AvgIpc) is 2.66. The normalized spacial score (nSPS) is 16.2. The fourth-order valence-corrected chi connectivity index (χ4v) is 3.41. The second-order valence-corrected chi connectivity index (χ2v) is 6.39. The van der Waals surface area contributed by atoms with Gasteiger partial charge in [0.2, 0.25) is 0 Å². The van der Waals surface area contributed by atoms with E-state index in [0.29, 0.717) is 18.6 Å². The molecular weight excluding hydrogens is 314 g/mol. The highest BCUT2D eigenvalue weighted by molar-refractivity contribution is 5.79. The third kappa shape index (κ3) is 4.20. The predicted molar refractivity (Wildman–Crippen MR) is 98.4 cm³/mol. The molecule has 0 bridgehead atoms. The molecule has 3 rings (SSSR count). The Labute approximate surface area is 149 Å². The molecule has 4 nitrogen and oxygen atoms in total. The zero-order valence-electron chi connectivity index (χ0n) is 14.9. The van der Waals surface area contributed by atoms with Gasteiger partial charge < -0.3 is 14.8 Å². The summed E-state index contributed by atoms with van der Waals surface area (Å²) in [6, 6.07) is 14.3. The van der Waals surface area contributed by atoms with Crippen LogP contribution in [0.4, 0.5) is 0 Å². The monoisotopic (exact) mass is 339 g/mol. The number of carbonyl (C=O) groups is 1. The molecule has 1 aliphatic heterocycles. The summed E-state index contributed by atoms with van der Waals surface area (Å²) in [5.74, 6) is 1.74. The van der Waals surface area contributed by atoms with Crippen molar-refractivity contribution in [1.29, 1.82) is 0 Å². The first-order chi connectivity index (χ1) is 12.2. The highest BCUT2D eigenvalue weighted by Crippen LogP contribution is 2.36. The summed E-state index contributed by atoms with van der Waals surface area (Å²) in [6.07, 6.45) is 2.82. The number of fused-ring (bicyclic) bond motifs is 1. The molecule has 0 amide bonds. The van der Waals surface area contributed by atoms with Crippen LogP contribution >= 0.6 is 0 Å². The molecule has 132 valence electrons. The summed E-state index contributed by atoms with van der Waals surface area (Å²) in [6.45, 7) is 0.874. The molecule has 0 saturated carbocycles. The SMILES string of the molecule is COc1cc2c(cc1OC)C(CC(=O)CCc1ccccc1)NCC2. The van der Waals surface area contributed by atoms with E-state index in [1.54, 1.807) is 14.2 Å². The Morgan fingerprint density at radius 3 is 2.56 bits per heavy atom. The van der Waals surface area contributed by atoms with Gasteiger partial charge in [-0.2, -0.15) is 0 Å². The maximum absolute atomic E-state index is 12.5. The number of hydrogen-bond acceptors (Lipinski definition) is 4. The van der Waals surface area contributed by atoms with E-state index >= 15 is 0 Å². The van der Waals surface area contributed by atoms with Crippen molar-refractivity contribution >= 4 is 5.78 Å². The Bertz CT molecular complexity index is 727. The molecule has 1 atom stereocenters. The minimum atomic E-state index is 0.0480. The Morgan fingerprint density at radius 2 is 1.84 bits per heavy atom. The molecule has 1 unspecified atom stereocenters. The predicted octanol–water partition coefficient (Wildman–Crippen LogP) is 3.48. The molecule has 0 aliphatic carbocycles. The lowest BCUT2D eigenvalue weighted by atomic mass is 9.90. The van der Waals surface area contributed by atoms with Crippen molar-refractivity contribution in [2.24, 2.45) is 0 Å². The molecule has 2 aromatic carbocycles. The third-order valence-electron chi connectivity index (χ3n) is 4.77. The van der Waals surface area contributed by atoms with Crippen molar-refractivity contribution in [3.05, 3.63) is 59.2 Å². The standard InChI is InChI=1S/C21H25NO3/c1-24-20-12-16-10-11-22-19(18(16)14-21(20)25-2)13-17(23)9-8-15-6-4-3-5-7-15/h3-7,12,14,19,22H,8-11,13H2,1-2H3. The first kappa shape index (κ1) is 17.5. The van der Waals surface area contributed by atoms with E-state index in [-0.39, 0.29) is 11.8 Å². The quantitative estimate of drug-likeness (QED) is 0.839. The Balaban J connectivity index is 1.69. The van der Waals surface area contributed by atoms with Crippen LogP contribution in [0.25, 0.3) is 0 Å². The van der Waals surface area contributed by atoms with Crippen LogP contribution in [-0.4, -0.2) is 26.5 Å². The molecular formula is C21H25NO3. The molecule has 0 spiro atoms. The minimum absolute atomic E-state index is 0.0480. The fraction of sp³-hybridized carbons (Fsp3) is 0.381. The summed E-state index contributed by atoms with van der Waals surface area (Å²) >= 11 is 0. The summed E-state index contributed by atoms with van der Waals surface area (Å²) in [7, 11) is 3.29. The second-order valence-electron chi connectivity index (χ2n) is 6.39. The molecule has 0 aromatic heterocycles. The van der Waals surface area contributed by atoms with Crippen LogP contribution in [0.1, 0.15) is 35.6 Å². The maximum Gasteiger partial charge on any atom is 0.161 e. The smallest absolute Gasteiger partial charge is 0.161 e. The van der Waals surface area contributed by atoms with Gasteiger partial charge >= 0.3 is 0 Å². The summed E-state index contributed by atoms with van der Waals surface area (Å²) < 4.78 is 10.8. The molecule has 4 heteroatoms. The van der Waals surface area contributed by atoms with Crippen LogP contribution in [0.15, 0.2) is 42.5 Å². The van der Waals surface area contributed by atoms with Crippen LogP contribution in [0, 0.1) is 0 Å². The molecule has 1 N–H and O–H groups in total. The molecule has 0 radical (unpaired) electrons. The number of carbonyl (C=O) groups excluding carboxylic acids is 1. The lowest BCUT2D eigenvalue weighted by Gasteiger charge is -2.27. The molecule has 1 aliphatic rings. The number of Topliss-reactive ketones (excluding diaryl/α,β-unsaturated/α-hetero) is 1. The average molecular weight is 339 g/mol. The summed E-state index contributed by atoms with van der Waals surface area (Å²) in [5.41, 5.74) is 3.59. The largest absolute Gasteiger partial charge is 0.493 e. The van der Waals surface area contributed by atoms with Gasteiger partial charge in [0.15, 0.2) is 11.5 Å². The topological polar surface area (TPSA) is 47.6 Å². The highest BCUT2D eigenvalue weighted by atomic mass is 16.5. The number of ether oxygens (including phenoxy) is 2. The van der Waals surface area contributed by atoms with Gasteiger partial charge in [-0.25, -0.2) is 0 Å². The van der Waals surface area contributed by atoms with Crippen LogP contribution in [0.3, 0.4) is 0 Å². The van der Waals surface area contributed by atoms with Crippen molar-refractivity contribution in [2.75, 3.05) is 20.8 Å². The number of benzene rings is 2. The molecule has 0 saturated heterocycles. The Kier molecular flexibility index (Phi) is 5.71. The molecule has 2 aromatic rings. The van der Waals surface area contributed by atoms with Crippen molar-refractivity contribution in [2.45, 2.75) is 31.7 Å². The Morgan fingerprint density at radius 1 is 1.12 bits per heavy atom. The number of ketones is 1. The van der Waals surface area contributed by atoms with Crippen LogP contribution in [-0.2, 0) is 17.6 Å². The number of hydrogen-bond donors (Lipinski definition) is 1. The summed E-state index contributed by atoms with van der Waals surface area (Å²) in [4.78, 5) is 12.5. The van der Waals surface area contributed by atoms with Crippen molar-refractivity contribution in [1.82, 2.24) is 5.32 Å². The first-order valence-corrected chi connectivity index (χ1v) is 8.75. The second kappa shape index (κ2) is 8.17. The van der Waals surface area contributed by atoms with Gasteiger partial charge in [-0.1, -0.05) is 30.3 Å². The fourth-order valence-electron chi connectivity index (χ4n) is 3.41. The van der Waals surface area contributed by atoms with Crippen molar-refractivity contribution in [3.63, 3.8) is 0 Å².